The second kappa shape index (κ2) is 4.24. The molecule has 2 unspecified atom stereocenters. The standard InChI is InChI=1S/C10H15NO/c1-8(12)7-10(11)9-5-3-2-4-6-9/h2-6,8,10,12H,7,11H2,1H3. The molecule has 2 heteroatoms. The fourth-order valence-corrected chi connectivity index (χ4v) is 1.20. The van der Waals surface area contributed by atoms with E-state index < -0.39 is 0 Å². The number of hydrogen-bond donors (Lipinski definition) is 2. The van der Waals surface area contributed by atoms with Crippen molar-refractivity contribution in [3.05, 3.63) is 35.9 Å². The van der Waals surface area contributed by atoms with Crippen LogP contribution in [0.25, 0.3) is 0 Å². The van der Waals surface area contributed by atoms with Crippen molar-refractivity contribution in [1.29, 1.82) is 0 Å². The summed E-state index contributed by atoms with van der Waals surface area (Å²) in [4.78, 5) is 0. The lowest BCUT2D eigenvalue weighted by Crippen LogP contribution is -2.16. The van der Waals surface area contributed by atoms with Crippen molar-refractivity contribution in [1.82, 2.24) is 0 Å². The van der Waals surface area contributed by atoms with Crippen LogP contribution in [0.2, 0.25) is 0 Å². The third-order valence-electron chi connectivity index (χ3n) is 1.82. The van der Waals surface area contributed by atoms with Gasteiger partial charge in [-0.3, -0.25) is 0 Å². The molecular weight excluding hydrogens is 150 g/mol. The highest BCUT2D eigenvalue weighted by atomic mass is 16.3. The minimum absolute atomic E-state index is 0.0498. The lowest BCUT2D eigenvalue weighted by Gasteiger charge is -2.13. The van der Waals surface area contributed by atoms with E-state index in [0.29, 0.717) is 6.42 Å². The molecule has 66 valence electrons. The first-order valence-corrected chi connectivity index (χ1v) is 4.18. The van der Waals surface area contributed by atoms with E-state index in [1.54, 1.807) is 6.92 Å². The number of benzene rings is 1. The van der Waals surface area contributed by atoms with Gasteiger partial charge in [0.05, 0.1) is 6.10 Å². The predicted molar refractivity (Wildman–Crippen MR) is 49.7 cm³/mol. The van der Waals surface area contributed by atoms with E-state index in [-0.39, 0.29) is 12.1 Å². The molecule has 0 saturated heterocycles. The van der Waals surface area contributed by atoms with Crippen molar-refractivity contribution in [3.63, 3.8) is 0 Å². The highest BCUT2D eigenvalue weighted by Crippen LogP contribution is 2.14. The Kier molecular flexibility index (Phi) is 3.26. The second-order valence-electron chi connectivity index (χ2n) is 3.10. The van der Waals surface area contributed by atoms with E-state index >= 15 is 0 Å². The molecule has 0 spiro atoms. The average Bonchev–Trinajstić information content (AvgIpc) is 2.05. The van der Waals surface area contributed by atoms with Crippen molar-refractivity contribution >= 4 is 0 Å². The van der Waals surface area contributed by atoms with Crippen molar-refractivity contribution in [2.75, 3.05) is 0 Å². The summed E-state index contributed by atoms with van der Waals surface area (Å²) in [5.74, 6) is 0. The molecule has 0 aromatic heterocycles. The third-order valence-corrected chi connectivity index (χ3v) is 1.82. The van der Waals surface area contributed by atoms with Gasteiger partial charge in [0, 0.05) is 6.04 Å². The van der Waals surface area contributed by atoms with E-state index in [2.05, 4.69) is 0 Å². The van der Waals surface area contributed by atoms with Crippen LogP contribution in [0.4, 0.5) is 0 Å². The normalized spacial score (nSPS) is 15.6. The van der Waals surface area contributed by atoms with Gasteiger partial charge in [0.15, 0.2) is 0 Å². The van der Waals surface area contributed by atoms with Crippen LogP contribution in [0.5, 0.6) is 0 Å². The van der Waals surface area contributed by atoms with E-state index in [9.17, 15) is 0 Å². The Hall–Kier alpha value is -0.860. The molecule has 0 saturated carbocycles. The van der Waals surface area contributed by atoms with Gasteiger partial charge in [0.2, 0.25) is 0 Å². The van der Waals surface area contributed by atoms with Crippen LogP contribution < -0.4 is 5.73 Å². The highest BCUT2D eigenvalue weighted by molar-refractivity contribution is 5.18. The molecule has 0 amide bonds. The molecule has 1 rings (SSSR count). The van der Waals surface area contributed by atoms with Crippen molar-refractivity contribution in [3.8, 4) is 0 Å². The molecule has 0 aliphatic heterocycles. The van der Waals surface area contributed by atoms with Crippen LogP contribution in [-0.2, 0) is 0 Å². The minimum Gasteiger partial charge on any atom is -0.393 e. The maximum absolute atomic E-state index is 9.10. The number of nitrogens with two attached hydrogens (primary N) is 1. The Morgan fingerprint density at radius 2 is 1.92 bits per heavy atom. The zero-order valence-corrected chi connectivity index (χ0v) is 7.27. The van der Waals surface area contributed by atoms with Crippen molar-refractivity contribution in [2.24, 2.45) is 5.73 Å². The Morgan fingerprint density at radius 1 is 1.33 bits per heavy atom. The molecule has 0 aliphatic rings. The first-order valence-electron chi connectivity index (χ1n) is 4.18. The largest absolute Gasteiger partial charge is 0.393 e. The van der Waals surface area contributed by atoms with Gasteiger partial charge in [0.25, 0.3) is 0 Å². The molecule has 0 aliphatic carbocycles. The molecule has 0 bridgehead atoms. The summed E-state index contributed by atoms with van der Waals surface area (Å²) in [6, 6.07) is 9.78. The van der Waals surface area contributed by atoms with Crippen molar-refractivity contribution in [2.45, 2.75) is 25.5 Å². The van der Waals surface area contributed by atoms with E-state index in [4.69, 9.17) is 10.8 Å². The van der Waals surface area contributed by atoms with Gasteiger partial charge in [-0.1, -0.05) is 30.3 Å². The van der Waals surface area contributed by atoms with Gasteiger partial charge >= 0.3 is 0 Å². The summed E-state index contributed by atoms with van der Waals surface area (Å²) >= 11 is 0. The third kappa shape index (κ3) is 2.64. The maximum atomic E-state index is 9.10. The molecule has 3 N–H and O–H groups in total. The van der Waals surface area contributed by atoms with Gasteiger partial charge in [-0.25, -0.2) is 0 Å². The molecule has 2 atom stereocenters. The summed E-state index contributed by atoms with van der Waals surface area (Å²) in [5.41, 5.74) is 6.92. The Balaban J connectivity index is 2.59. The first-order chi connectivity index (χ1) is 5.70. The minimum atomic E-state index is -0.333. The fraction of sp³-hybridized carbons (Fsp3) is 0.400. The smallest absolute Gasteiger partial charge is 0.0530 e. The zero-order valence-electron chi connectivity index (χ0n) is 7.27. The molecule has 0 radical (unpaired) electrons. The molecule has 2 nitrogen and oxygen atoms in total. The van der Waals surface area contributed by atoms with Crippen LogP contribution in [0.15, 0.2) is 30.3 Å². The predicted octanol–water partition coefficient (Wildman–Crippen LogP) is 1.46. The summed E-state index contributed by atoms with van der Waals surface area (Å²) in [6.45, 7) is 1.75. The maximum Gasteiger partial charge on any atom is 0.0530 e. The monoisotopic (exact) mass is 165 g/mol. The molecule has 0 heterocycles. The lowest BCUT2D eigenvalue weighted by molar-refractivity contribution is 0.175. The second-order valence-corrected chi connectivity index (χ2v) is 3.10. The van der Waals surface area contributed by atoms with Crippen LogP contribution in [-0.4, -0.2) is 11.2 Å². The van der Waals surface area contributed by atoms with E-state index in [1.807, 2.05) is 30.3 Å². The highest BCUT2D eigenvalue weighted by Gasteiger charge is 2.07. The van der Waals surface area contributed by atoms with Gasteiger partial charge in [-0.05, 0) is 18.9 Å². The number of aliphatic hydroxyl groups is 1. The summed E-state index contributed by atoms with van der Waals surface area (Å²) in [6.07, 6.45) is 0.282. The Bertz CT molecular complexity index is 221. The van der Waals surface area contributed by atoms with Gasteiger partial charge in [-0.15, -0.1) is 0 Å². The quantitative estimate of drug-likeness (QED) is 0.712. The zero-order chi connectivity index (χ0) is 8.97. The summed E-state index contributed by atoms with van der Waals surface area (Å²) in [7, 11) is 0. The topological polar surface area (TPSA) is 46.2 Å². The van der Waals surface area contributed by atoms with Gasteiger partial charge in [0.1, 0.15) is 0 Å². The number of rotatable bonds is 3. The van der Waals surface area contributed by atoms with E-state index in [0.717, 1.165) is 5.56 Å². The Labute approximate surface area is 73.0 Å². The van der Waals surface area contributed by atoms with Crippen LogP contribution in [0.1, 0.15) is 24.9 Å². The fourth-order valence-electron chi connectivity index (χ4n) is 1.20. The summed E-state index contributed by atoms with van der Waals surface area (Å²) in [5, 5.41) is 9.10. The molecule has 1 aromatic rings. The Morgan fingerprint density at radius 3 is 2.42 bits per heavy atom. The lowest BCUT2D eigenvalue weighted by atomic mass is 10.0. The number of aliphatic hydroxyl groups excluding tert-OH is 1. The number of hydrogen-bond acceptors (Lipinski definition) is 2. The van der Waals surface area contributed by atoms with Crippen LogP contribution in [0.3, 0.4) is 0 Å². The van der Waals surface area contributed by atoms with E-state index in [1.165, 1.54) is 0 Å². The molecule has 12 heavy (non-hydrogen) atoms. The van der Waals surface area contributed by atoms with Crippen LogP contribution in [0, 0.1) is 0 Å². The molecular formula is C10H15NO. The van der Waals surface area contributed by atoms with Crippen LogP contribution >= 0.6 is 0 Å². The SMILES string of the molecule is CC(O)CC(N)c1ccccc1. The summed E-state index contributed by atoms with van der Waals surface area (Å²) < 4.78 is 0. The van der Waals surface area contributed by atoms with Gasteiger partial charge < -0.3 is 10.8 Å². The molecule has 0 fully saturated rings. The van der Waals surface area contributed by atoms with Crippen molar-refractivity contribution < 1.29 is 5.11 Å². The van der Waals surface area contributed by atoms with Gasteiger partial charge in [-0.2, -0.15) is 0 Å². The molecule has 1 aromatic carbocycles. The average molecular weight is 165 g/mol. The first kappa shape index (κ1) is 9.23.